The number of piperidine rings is 1. The highest BCUT2D eigenvalue weighted by molar-refractivity contribution is 5.95. The van der Waals surface area contributed by atoms with Crippen LogP contribution in [0.2, 0.25) is 0 Å². The molecule has 7 heteroatoms. The summed E-state index contributed by atoms with van der Waals surface area (Å²) in [4.78, 5) is 40.3. The van der Waals surface area contributed by atoms with Crippen molar-refractivity contribution in [3.8, 4) is 6.07 Å². The van der Waals surface area contributed by atoms with E-state index in [2.05, 4.69) is 6.07 Å². The van der Waals surface area contributed by atoms with E-state index in [-0.39, 0.29) is 31.4 Å². The maximum absolute atomic E-state index is 12.8. The number of amides is 2. The van der Waals surface area contributed by atoms with E-state index in [4.69, 9.17) is 10.00 Å². The van der Waals surface area contributed by atoms with Crippen LogP contribution in [0.15, 0.2) is 18.2 Å². The highest BCUT2D eigenvalue weighted by Gasteiger charge is 2.29. The van der Waals surface area contributed by atoms with Crippen LogP contribution in [0.3, 0.4) is 0 Å². The van der Waals surface area contributed by atoms with Gasteiger partial charge < -0.3 is 14.5 Å². The van der Waals surface area contributed by atoms with E-state index in [1.165, 1.54) is 4.90 Å². The Labute approximate surface area is 172 Å². The number of anilines is 1. The summed E-state index contributed by atoms with van der Waals surface area (Å²) in [6.07, 6.45) is 1.99. The minimum Gasteiger partial charge on any atom is -0.455 e. The molecule has 1 aliphatic heterocycles. The zero-order chi connectivity index (χ0) is 21.4. The number of rotatable bonds is 7. The lowest BCUT2D eigenvalue weighted by Gasteiger charge is -2.31. The molecule has 0 N–H and O–H groups in total. The van der Waals surface area contributed by atoms with Crippen LogP contribution >= 0.6 is 0 Å². The minimum absolute atomic E-state index is 0.0241. The van der Waals surface area contributed by atoms with Gasteiger partial charge in [-0.3, -0.25) is 14.4 Å². The summed E-state index contributed by atoms with van der Waals surface area (Å²) in [7, 11) is 0. The minimum atomic E-state index is -0.451. The molecule has 2 rings (SSSR count). The number of ether oxygens (including phenoxy) is 1. The molecule has 0 aliphatic carbocycles. The molecular formula is C22H29N3O4. The maximum atomic E-state index is 12.8. The Bertz CT molecular complexity index is 779. The van der Waals surface area contributed by atoms with Gasteiger partial charge in [0.2, 0.25) is 5.91 Å². The molecule has 29 heavy (non-hydrogen) atoms. The highest BCUT2D eigenvalue weighted by atomic mass is 16.5. The quantitative estimate of drug-likeness (QED) is 0.658. The molecule has 0 bridgehead atoms. The Hall–Kier alpha value is -2.88. The van der Waals surface area contributed by atoms with Gasteiger partial charge in [0.1, 0.15) is 0 Å². The number of hydrogen-bond donors (Lipinski definition) is 0. The van der Waals surface area contributed by atoms with Crippen molar-refractivity contribution in [3.05, 3.63) is 29.3 Å². The predicted molar refractivity (Wildman–Crippen MR) is 109 cm³/mol. The summed E-state index contributed by atoms with van der Waals surface area (Å²) in [5.74, 6) is -1.19. The molecule has 1 heterocycles. The van der Waals surface area contributed by atoms with Crippen molar-refractivity contribution in [2.45, 2.75) is 46.5 Å². The zero-order valence-corrected chi connectivity index (χ0v) is 17.4. The van der Waals surface area contributed by atoms with Gasteiger partial charge in [-0.2, -0.15) is 5.26 Å². The monoisotopic (exact) mass is 399 g/mol. The molecule has 0 radical (unpaired) electrons. The first-order valence-electron chi connectivity index (χ1n) is 10.1. The number of hydrogen-bond acceptors (Lipinski definition) is 5. The lowest BCUT2D eigenvalue weighted by molar-refractivity contribution is -0.154. The van der Waals surface area contributed by atoms with Crippen molar-refractivity contribution in [1.82, 2.24) is 4.90 Å². The standard InChI is InChI=1S/C22H29N3O4/c1-4-20(26)24-9-5-7-18(14-24)22(28)29-15-21(27)25(10-6-8-23)19-12-16(2)11-17(3)13-19/h11-13,18H,4-7,9-10,14-15H2,1-3H3. The first kappa shape index (κ1) is 22.4. The zero-order valence-electron chi connectivity index (χ0n) is 17.4. The van der Waals surface area contributed by atoms with E-state index < -0.39 is 11.9 Å². The third kappa shape index (κ3) is 6.31. The van der Waals surface area contributed by atoms with E-state index >= 15 is 0 Å². The number of benzene rings is 1. The average Bonchev–Trinajstić information content (AvgIpc) is 2.71. The largest absolute Gasteiger partial charge is 0.455 e. The molecule has 7 nitrogen and oxygen atoms in total. The summed E-state index contributed by atoms with van der Waals surface area (Å²) < 4.78 is 5.30. The molecule has 156 valence electrons. The molecular weight excluding hydrogens is 370 g/mol. The topological polar surface area (TPSA) is 90.7 Å². The van der Waals surface area contributed by atoms with Crippen LogP contribution in [0.1, 0.15) is 43.7 Å². The fourth-order valence-corrected chi connectivity index (χ4v) is 3.61. The van der Waals surface area contributed by atoms with Gasteiger partial charge in [-0.25, -0.2) is 0 Å². The van der Waals surface area contributed by atoms with E-state index in [0.29, 0.717) is 31.6 Å². The second-order valence-electron chi connectivity index (χ2n) is 7.44. The number of likely N-dealkylation sites (tertiary alicyclic amines) is 1. The molecule has 0 spiro atoms. The van der Waals surface area contributed by atoms with Crippen LogP contribution in [0.25, 0.3) is 0 Å². The maximum Gasteiger partial charge on any atom is 0.311 e. The molecule has 2 amide bonds. The lowest BCUT2D eigenvalue weighted by atomic mass is 9.98. The first-order chi connectivity index (χ1) is 13.8. The van der Waals surface area contributed by atoms with Gasteiger partial charge in [0.25, 0.3) is 5.91 Å². The second kappa shape index (κ2) is 10.6. The van der Waals surface area contributed by atoms with Crippen molar-refractivity contribution in [2.24, 2.45) is 5.92 Å². The normalized spacial score (nSPS) is 16.1. The summed E-state index contributed by atoms with van der Waals surface area (Å²) in [5, 5.41) is 8.93. The fraction of sp³-hybridized carbons (Fsp3) is 0.545. The van der Waals surface area contributed by atoms with E-state index in [1.807, 2.05) is 32.0 Å². The number of esters is 1. The number of nitrogens with zero attached hydrogens (tertiary/aromatic N) is 3. The molecule has 1 aromatic rings. The smallest absolute Gasteiger partial charge is 0.311 e. The van der Waals surface area contributed by atoms with Crippen LogP contribution in [0.5, 0.6) is 0 Å². The number of carbonyl (C=O) groups is 3. The Balaban J connectivity index is 2.01. The molecule has 1 atom stereocenters. The highest BCUT2D eigenvalue weighted by Crippen LogP contribution is 2.21. The van der Waals surface area contributed by atoms with E-state index in [9.17, 15) is 14.4 Å². The van der Waals surface area contributed by atoms with Gasteiger partial charge in [-0.05, 0) is 49.9 Å². The summed E-state index contributed by atoms with van der Waals surface area (Å²) in [5.41, 5.74) is 2.71. The summed E-state index contributed by atoms with van der Waals surface area (Å²) in [6, 6.07) is 7.80. The molecule has 1 saturated heterocycles. The number of carbonyl (C=O) groups excluding carboxylic acids is 3. The van der Waals surface area contributed by atoms with Gasteiger partial charge in [0.05, 0.1) is 18.4 Å². The summed E-state index contributed by atoms with van der Waals surface area (Å²) in [6.45, 7) is 6.53. The third-order valence-corrected chi connectivity index (χ3v) is 5.01. The van der Waals surface area contributed by atoms with Crippen molar-refractivity contribution in [3.63, 3.8) is 0 Å². The van der Waals surface area contributed by atoms with Crippen LogP contribution in [0, 0.1) is 31.1 Å². The van der Waals surface area contributed by atoms with Crippen LogP contribution in [-0.2, 0) is 19.1 Å². The first-order valence-corrected chi connectivity index (χ1v) is 10.1. The SMILES string of the molecule is CCC(=O)N1CCCC(C(=O)OCC(=O)N(CCC#N)c2cc(C)cc(C)c2)C1. The third-order valence-electron chi connectivity index (χ3n) is 5.01. The average molecular weight is 399 g/mol. The molecule has 1 aliphatic rings. The van der Waals surface area contributed by atoms with Gasteiger partial charge >= 0.3 is 5.97 Å². The molecule has 0 aromatic heterocycles. The Morgan fingerprint density at radius 1 is 1.24 bits per heavy atom. The number of nitriles is 1. The Kier molecular flexibility index (Phi) is 8.20. The van der Waals surface area contributed by atoms with Crippen molar-refractivity contribution >= 4 is 23.5 Å². The number of aryl methyl sites for hydroxylation is 2. The van der Waals surface area contributed by atoms with Gasteiger partial charge in [0, 0.05) is 31.7 Å². The Morgan fingerprint density at radius 3 is 2.55 bits per heavy atom. The second-order valence-corrected chi connectivity index (χ2v) is 7.44. The van der Waals surface area contributed by atoms with Crippen LogP contribution in [-0.4, -0.2) is 48.9 Å². The fourth-order valence-electron chi connectivity index (χ4n) is 3.61. The van der Waals surface area contributed by atoms with E-state index in [1.54, 1.807) is 11.8 Å². The molecule has 1 unspecified atom stereocenters. The molecule has 0 saturated carbocycles. The predicted octanol–water partition coefficient (Wildman–Crippen LogP) is 2.74. The molecule has 1 fully saturated rings. The summed E-state index contributed by atoms with van der Waals surface area (Å²) >= 11 is 0. The molecule has 1 aromatic carbocycles. The van der Waals surface area contributed by atoms with Gasteiger partial charge in [0.15, 0.2) is 6.61 Å². The van der Waals surface area contributed by atoms with Crippen molar-refractivity contribution in [1.29, 1.82) is 5.26 Å². The van der Waals surface area contributed by atoms with Crippen LogP contribution in [0.4, 0.5) is 5.69 Å². The lowest BCUT2D eigenvalue weighted by Crippen LogP contribution is -2.43. The van der Waals surface area contributed by atoms with Crippen molar-refractivity contribution in [2.75, 3.05) is 31.1 Å². The van der Waals surface area contributed by atoms with Crippen LogP contribution < -0.4 is 4.90 Å². The Morgan fingerprint density at radius 2 is 1.93 bits per heavy atom. The van der Waals surface area contributed by atoms with E-state index in [0.717, 1.165) is 17.5 Å². The van der Waals surface area contributed by atoms with Gasteiger partial charge in [-0.15, -0.1) is 0 Å². The van der Waals surface area contributed by atoms with Gasteiger partial charge in [-0.1, -0.05) is 13.0 Å². The van der Waals surface area contributed by atoms with Crippen molar-refractivity contribution < 1.29 is 19.1 Å².